The molecule has 0 saturated carbocycles. The van der Waals surface area contributed by atoms with E-state index in [0.29, 0.717) is 18.7 Å². The quantitative estimate of drug-likeness (QED) is 0.335. The first kappa shape index (κ1) is 24.0. The fourth-order valence-corrected chi connectivity index (χ4v) is 2.73. The van der Waals surface area contributed by atoms with Crippen LogP contribution in [0.15, 0.2) is 29.3 Å². The molecule has 0 saturated heterocycles. The Hall–Kier alpha value is -1.02. The molecule has 6 heteroatoms. The van der Waals surface area contributed by atoms with E-state index in [9.17, 15) is 0 Å². The lowest BCUT2D eigenvalue weighted by Crippen LogP contribution is -2.45. The second-order valence-corrected chi connectivity index (χ2v) is 6.36. The number of benzene rings is 1. The highest BCUT2D eigenvalue weighted by Gasteiger charge is 2.12. The fraction of sp³-hybridized carbons (Fsp3) is 0.632. The summed E-state index contributed by atoms with van der Waals surface area (Å²) in [6.07, 6.45) is 0. The average molecular weight is 462 g/mol. The molecule has 2 N–H and O–H groups in total. The van der Waals surface area contributed by atoms with Gasteiger partial charge in [-0.15, -0.1) is 24.0 Å². The van der Waals surface area contributed by atoms with Gasteiger partial charge in [-0.1, -0.05) is 12.1 Å². The first-order valence-corrected chi connectivity index (χ1v) is 8.89. The van der Waals surface area contributed by atoms with Gasteiger partial charge in [0.25, 0.3) is 0 Å². The van der Waals surface area contributed by atoms with E-state index in [1.807, 2.05) is 19.1 Å². The van der Waals surface area contributed by atoms with Gasteiger partial charge < -0.3 is 15.4 Å². The van der Waals surface area contributed by atoms with Crippen LogP contribution in [-0.2, 0) is 6.54 Å². The predicted molar refractivity (Wildman–Crippen MR) is 118 cm³/mol. The third kappa shape index (κ3) is 9.30. The normalized spacial score (nSPS) is 11.6. The SMILES string of the molecule is CCOc1cccc(CNC(=NC)NCCN(C(C)C)C(C)C)c1.I. The molecule has 0 bridgehead atoms. The summed E-state index contributed by atoms with van der Waals surface area (Å²) in [7, 11) is 1.80. The van der Waals surface area contributed by atoms with Crippen molar-refractivity contribution in [1.29, 1.82) is 0 Å². The molecule has 0 radical (unpaired) electrons. The van der Waals surface area contributed by atoms with E-state index in [1.54, 1.807) is 7.05 Å². The summed E-state index contributed by atoms with van der Waals surface area (Å²) in [5.41, 5.74) is 1.18. The number of halogens is 1. The smallest absolute Gasteiger partial charge is 0.191 e. The van der Waals surface area contributed by atoms with Crippen molar-refractivity contribution in [3.05, 3.63) is 29.8 Å². The molecule has 0 aliphatic heterocycles. The standard InChI is InChI=1S/C19H34N4O.HI/c1-7-24-18-10-8-9-17(13-18)14-22-19(20-6)21-11-12-23(15(2)3)16(4)5;/h8-10,13,15-16H,7,11-12,14H2,1-6H3,(H2,20,21,22);1H. The molecular formula is C19H35IN4O. The highest BCUT2D eigenvalue weighted by Crippen LogP contribution is 2.12. The molecule has 5 nitrogen and oxygen atoms in total. The molecule has 0 aromatic heterocycles. The van der Waals surface area contributed by atoms with Gasteiger partial charge in [0.1, 0.15) is 5.75 Å². The first-order chi connectivity index (χ1) is 11.5. The first-order valence-electron chi connectivity index (χ1n) is 8.89. The molecule has 1 aromatic carbocycles. The second-order valence-electron chi connectivity index (χ2n) is 6.36. The summed E-state index contributed by atoms with van der Waals surface area (Å²) in [6.45, 7) is 14.2. The van der Waals surface area contributed by atoms with E-state index < -0.39 is 0 Å². The highest BCUT2D eigenvalue weighted by atomic mass is 127. The van der Waals surface area contributed by atoms with Crippen molar-refractivity contribution in [3.8, 4) is 5.75 Å². The molecule has 144 valence electrons. The van der Waals surface area contributed by atoms with Gasteiger partial charge in [0.2, 0.25) is 0 Å². The van der Waals surface area contributed by atoms with E-state index >= 15 is 0 Å². The monoisotopic (exact) mass is 462 g/mol. The third-order valence-corrected chi connectivity index (χ3v) is 3.88. The third-order valence-electron chi connectivity index (χ3n) is 3.88. The minimum atomic E-state index is 0. The van der Waals surface area contributed by atoms with Gasteiger partial charge in [-0.05, 0) is 52.3 Å². The number of nitrogens with one attached hydrogen (secondary N) is 2. The number of ether oxygens (including phenoxy) is 1. The Bertz CT molecular complexity index is 498. The molecule has 0 aliphatic rings. The van der Waals surface area contributed by atoms with Gasteiger partial charge in [-0.25, -0.2) is 0 Å². The fourth-order valence-electron chi connectivity index (χ4n) is 2.73. The molecule has 0 fully saturated rings. The van der Waals surface area contributed by atoms with E-state index in [2.05, 4.69) is 60.4 Å². The van der Waals surface area contributed by atoms with Gasteiger partial charge in [0.05, 0.1) is 6.61 Å². The van der Waals surface area contributed by atoms with Crippen molar-refractivity contribution in [2.24, 2.45) is 4.99 Å². The largest absolute Gasteiger partial charge is 0.494 e. The van der Waals surface area contributed by atoms with Crippen LogP contribution in [0, 0.1) is 0 Å². The summed E-state index contributed by atoms with van der Waals surface area (Å²) in [4.78, 5) is 6.76. The van der Waals surface area contributed by atoms with Crippen LogP contribution >= 0.6 is 24.0 Å². The molecule has 0 heterocycles. The van der Waals surface area contributed by atoms with Crippen LogP contribution in [0.2, 0.25) is 0 Å². The van der Waals surface area contributed by atoms with E-state index in [-0.39, 0.29) is 24.0 Å². The number of aliphatic imine (C=N–C) groups is 1. The van der Waals surface area contributed by atoms with Gasteiger partial charge in [0.15, 0.2) is 5.96 Å². The van der Waals surface area contributed by atoms with Crippen molar-refractivity contribution in [1.82, 2.24) is 15.5 Å². The lowest BCUT2D eigenvalue weighted by Gasteiger charge is -2.30. The lowest BCUT2D eigenvalue weighted by molar-refractivity contribution is 0.178. The molecule has 1 rings (SSSR count). The van der Waals surface area contributed by atoms with Crippen LogP contribution in [0.1, 0.15) is 40.2 Å². The number of rotatable bonds is 9. The molecule has 25 heavy (non-hydrogen) atoms. The Morgan fingerprint density at radius 1 is 1.16 bits per heavy atom. The molecule has 0 unspecified atom stereocenters. The van der Waals surface area contributed by atoms with Crippen LogP contribution in [-0.4, -0.2) is 49.7 Å². The van der Waals surface area contributed by atoms with Crippen LogP contribution < -0.4 is 15.4 Å². The number of nitrogens with zero attached hydrogens (tertiary/aromatic N) is 2. The maximum absolute atomic E-state index is 5.54. The Kier molecular flexibility index (Phi) is 12.7. The summed E-state index contributed by atoms with van der Waals surface area (Å²) in [6, 6.07) is 9.23. The Morgan fingerprint density at radius 2 is 1.84 bits per heavy atom. The van der Waals surface area contributed by atoms with E-state index in [0.717, 1.165) is 31.3 Å². The maximum atomic E-state index is 5.54. The van der Waals surface area contributed by atoms with Gasteiger partial charge >= 0.3 is 0 Å². The minimum Gasteiger partial charge on any atom is -0.494 e. The van der Waals surface area contributed by atoms with Crippen LogP contribution in [0.4, 0.5) is 0 Å². The van der Waals surface area contributed by atoms with Crippen molar-refractivity contribution in [2.75, 3.05) is 26.7 Å². The van der Waals surface area contributed by atoms with Crippen LogP contribution in [0.25, 0.3) is 0 Å². The topological polar surface area (TPSA) is 48.9 Å². The summed E-state index contributed by atoms with van der Waals surface area (Å²) >= 11 is 0. The second kappa shape index (κ2) is 13.2. The summed E-state index contributed by atoms with van der Waals surface area (Å²) in [5.74, 6) is 1.73. The Morgan fingerprint density at radius 3 is 2.40 bits per heavy atom. The maximum Gasteiger partial charge on any atom is 0.191 e. The highest BCUT2D eigenvalue weighted by molar-refractivity contribution is 14.0. The molecule has 0 atom stereocenters. The Labute approximate surface area is 170 Å². The van der Waals surface area contributed by atoms with Gasteiger partial charge in [0, 0.05) is 38.8 Å². The molecule has 0 aliphatic carbocycles. The van der Waals surface area contributed by atoms with Crippen LogP contribution in [0.5, 0.6) is 5.75 Å². The van der Waals surface area contributed by atoms with E-state index in [1.165, 1.54) is 5.56 Å². The van der Waals surface area contributed by atoms with Crippen molar-refractivity contribution < 1.29 is 4.74 Å². The number of hydrogen-bond donors (Lipinski definition) is 2. The zero-order valence-corrected chi connectivity index (χ0v) is 18.8. The summed E-state index contributed by atoms with van der Waals surface area (Å²) < 4.78 is 5.54. The average Bonchev–Trinajstić information content (AvgIpc) is 2.54. The van der Waals surface area contributed by atoms with Crippen molar-refractivity contribution in [3.63, 3.8) is 0 Å². The van der Waals surface area contributed by atoms with Crippen LogP contribution in [0.3, 0.4) is 0 Å². The summed E-state index contributed by atoms with van der Waals surface area (Å²) in [5, 5.41) is 6.74. The number of guanidine groups is 1. The lowest BCUT2D eigenvalue weighted by atomic mass is 10.2. The van der Waals surface area contributed by atoms with Crippen molar-refractivity contribution in [2.45, 2.75) is 53.2 Å². The van der Waals surface area contributed by atoms with Crippen molar-refractivity contribution >= 4 is 29.9 Å². The van der Waals surface area contributed by atoms with Gasteiger partial charge in [-0.3, -0.25) is 9.89 Å². The zero-order valence-electron chi connectivity index (χ0n) is 16.5. The number of hydrogen-bond acceptors (Lipinski definition) is 3. The molecule has 0 amide bonds. The van der Waals surface area contributed by atoms with E-state index in [4.69, 9.17) is 4.74 Å². The zero-order chi connectivity index (χ0) is 17.9. The Balaban J connectivity index is 0.00000576. The molecular weight excluding hydrogens is 427 g/mol. The predicted octanol–water partition coefficient (Wildman–Crippen LogP) is 3.49. The van der Waals surface area contributed by atoms with Gasteiger partial charge in [-0.2, -0.15) is 0 Å². The minimum absolute atomic E-state index is 0. The molecule has 0 spiro atoms. The molecule has 1 aromatic rings.